The highest BCUT2D eigenvalue weighted by molar-refractivity contribution is 7.99. The van der Waals surface area contributed by atoms with Crippen molar-refractivity contribution in [2.45, 2.75) is 25.0 Å². The molecule has 32 heavy (non-hydrogen) atoms. The van der Waals surface area contributed by atoms with Crippen LogP contribution >= 0.6 is 35.0 Å². The Labute approximate surface area is 199 Å². The van der Waals surface area contributed by atoms with E-state index in [9.17, 15) is 4.79 Å². The molecule has 1 N–H and O–H groups in total. The van der Waals surface area contributed by atoms with Gasteiger partial charge >= 0.3 is 0 Å². The molecule has 0 aliphatic rings. The molecule has 0 atom stereocenters. The topological polar surface area (TPSA) is 85.8 Å². The molecule has 0 aliphatic carbocycles. The highest BCUT2D eigenvalue weighted by Gasteiger charge is 2.18. The van der Waals surface area contributed by atoms with E-state index in [-0.39, 0.29) is 12.3 Å². The first-order chi connectivity index (χ1) is 15.5. The average Bonchev–Trinajstić information content (AvgIpc) is 3.35. The highest BCUT2D eigenvalue weighted by Crippen LogP contribution is 2.32. The summed E-state index contributed by atoms with van der Waals surface area (Å²) in [5.74, 6) is 2.05. The van der Waals surface area contributed by atoms with Gasteiger partial charge in [0.25, 0.3) is 0 Å². The molecule has 0 spiro atoms. The number of amides is 1. The van der Waals surface area contributed by atoms with Crippen molar-refractivity contribution in [3.05, 3.63) is 76.0 Å². The van der Waals surface area contributed by atoms with Crippen LogP contribution in [0.3, 0.4) is 0 Å². The van der Waals surface area contributed by atoms with Crippen LogP contribution in [0.25, 0.3) is 11.4 Å². The number of carbonyl (C=O) groups excluding carboxylic acids is 1. The van der Waals surface area contributed by atoms with E-state index in [1.165, 1.54) is 11.8 Å². The quantitative estimate of drug-likeness (QED) is 0.320. The molecule has 0 bridgehead atoms. The lowest BCUT2D eigenvalue weighted by atomic mass is 10.2. The summed E-state index contributed by atoms with van der Waals surface area (Å²) in [7, 11) is 0. The van der Waals surface area contributed by atoms with E-state index in [1.54, 1.807) is 25.1 Å². The molecule has 10 heteroatoms. The third kappa shape index (κ3) is 5.51. The lowest BCUT2D eigenvalue weighted by Gasteiger charge is -2.11. The number of rotatable bonds is 8. The normalized spacial score (nSPS) is 11.0. The summed E-state index contributed by atoms with van der Waals surface area (Å²) >= 11 is 13.9. The van der Waals surface area contributed by atoms with E-state index in [0.717, 1.165) is 11.1 Å². The number of anilines is 1. The number of benzene rings is 2. The minimum absolute atomic E-state index is 0.152. The van der Waals surface area contributed by atoms with Crippen molar-refractivity contribution in [1.29, 1.82) is 0 Å². The zero-order valence-corrected chi connectivity index (χ0v) is 19.4. The van der Waals surface area contributed by atoms with E-state index in [2.05, 4.69) is 20.7 Å². The standard InChI is InChI=1S/C22H19Cl2N5O2S/c1-14-11-19(28-31-14)25-20(30)9-10-32-22-27-26-21(17-8-7-16(23)12-18(17)24)29(22)13-15-5-3-2-4-6-15/h2-8,11-12H,9-10,13H2,1H3,(H,25,28,30). The maximum atomic E-state index is 12.2. The van der Waals surface area contributed by atoms with Crippen LogP contribution < -0.4 is 5.32 Å². The zero-order valence-electron chi connectivity index (χ0n) is 17.1. The second-order valence-corrected chi connectivity index (χ2v) is 8.88. The lowest BCUT2D eigenvalue weighted by molar-refractivity contribution is -0.115. The maximum absolute atomic E-state index is 12.2. The van der Waals surface area contributed by atoms with Gasteiger partial charge in [0.05, 0.1) is 11.6 Å². The van der Waals surface area contributed by atoms with E-state index < -0.39 is 0 Å². The largest absolute Gasteiger partial charge is 0.360 e. The fourth-order valence-electron chi connectivity index (χ4n) is 3.04. The fraction of sp³-hybridized carbons (Fsp3) is 0.182. The van der Waals surface area contributed by atoms with Crippen molar-refractivity contribution in [2.75, 3.05) is 11.1 Å². The van der Waals surface area contributed by atoms with Crippen molar-refractivity contribution < 1.29 is 9.32 Å². The Hall–Kier alpha value is -2.81. The molecule has 4 aromatic rings. The van der Waals surface area contributed by atoms with Crippen LogP contribution in [-0.4, -0.2) is 31.6 Å². The monoisotopic (exact) mass is 487 g/mol. The summed E-state index contributed by atoms with van der Waals surface area (Å²) in [4.78, 5) is 12.2. The summed E-state index contributed by atoms with van der Waals surface area (Å²) in [5.41, 5.74) is 1.84. The van der Waals surface area contributed by atoms with Gasteiger partial charge < -0.3 is 9.84 Å². The Kier molecular flexibility index (Phi) is 7.14. The SMILES string of the molecule is Cc1cc(NC(=O)CCSc2nnc(-c3ccc(Cl)cc3Cl)n2Cc2ccccc2)no1. The first-order valence-corrected chi connectivity index (χ1v) is 11.5. The Bertz CT molecular complexity index is 1230. The number of aryl methyl sites for hydroxylation is 1. The Morgan fingerprint density at radius 1 is 1.12 bits per heavy atom. The summed E-state index contributed by atoms with van der Waals surface area (Å²) in [6, 6.07) is 17.0. The van der Waals surface area contributed by atoms with Gasteiger partial charge in [0.1, 0.15) is 5.76 Å². The van der Waals surface area contributed by atoms with Crippen LogP contribution in [0.1, 0.15) is 17.7 Å². The van der Waals surface area contributed by atoms with Crippen LogP contribution in [0.15, 0.2) is 64.3 Å². The highest BCUT2D eigenvalue weighted by atomic mass is 35.5. The van der Waals surface area contributed by atoms with E-state index in [1.807, 2.05) is 41.0 Å². The van der Waals surface area contributed by atoms with E-state index in [0.29, 0.717) is 44.9 Å². The molecule has 7 nitrogen and oxygen atoms in total. The van der Waals surface area contributed by atoms with Crippen molar-refractivity contribution in [3.8, 4) is 11.4 Å². The van der Waals surface area contributed by atoms with Crippen LogP contribution in [0, 0.1) is 6.92 Å². The molecule has 0 saturated carbocycles. The summed E-state index contributed by atoms with van der Waals surface area (Å²) in [6.07, 6.45) is 0.284. The van der Waals surface area contributed by atoms with Crippen molar-refractivity contribution >= 4 is 46.7 Å². The Morgan fingerprint density at radius 2 is 1.94 bits per heavy atom. The molecule has 0 radical (unpaired) electrons. The van der Waals surface area contributed by atoms with Gasteiger partial charge in [0.15, 0.2) is 16.8 Å². The summed E-state index contributed by atoms with van der Waals surface area (Å²) < 4.78 is 6.96. The van der Waals surface area contributed by atoms with E-state index >= 15 is 0 Å². The number of aromatic nitrogens is 4. The third-order valence-corrected chi connectivity index (χ3v) is 6.04. The van der Waals surface area contributed by atoms with Gasteiger partial charge in [0, 0.05) is 28.8 Å². The number of carbonyl (C=O) groups is 1. The number of halogens is 2. The van der Waals surface area contributed by atoms with Gasteiger partial charge in [-0.05, 0) is 30.7 Å². The second kappa shape index (κ2) is 10.2. The molecule has 0 unspecified atom stereocenters. The Morgan fingerprint density at radius 3 is 2.66 bits per heavy atom. The van der Waals surface area contributed by atoms with Gasteiger partial charge in [-0.2, -0.15) is 0 Å². The minimum atomic E-state index is -0.152. The molecule has 1 amide bonds. The molecular weight excluding hydrogens is 469 g/mol. The molecule has 164 valence electrons. The van der Waals surface area contributed by atoms with Crippen LogP contribution in [-0.2, 0) is 11.3 Å². The van der Waals surface area contributed by atoms with Gasteiger partial charge in [-0.15, -0.1) is 10.2 Å². The van der Waals surface area contributed by atoms with Crippen LogP contribution in [0.2, 0.25) is 10.0 Å². The maximum Gasteiger partial charge on any atom is 0.226 e. The molecular formula is C22H19Cl2N5O2S. The molecule has 2 heterocycles. The number of nitrogens with one attached hydrogen (secondary N) is 1. The van der Waals surface area contributed by atoms with Gasteiger partial charge in [-0.25, -0.2) is 0 Å². The first-order valence-electron chi connectivity index (χ1n) is 9.78. The third-order valence-electron chi connectivity index (χ3n) is 4.53. The zero-order chi connectivity index (χ0) is 22.5. The van der Waals surface area contributed by atoms with Crippen LogP contribution in [0.5, 0.6) is 0 Å². The summed E-state index contributed by atoms with van der Waals surface area (Å²) in [6.45, 7) is 2.33. The van der Waals surface area contributed by atoms with Gasteiger partial charge in [-0.1, -0.05) is 70.5 Å². The number of hydrogen-bond acceptors (Lipinski definition) is 6. The number of thioether (sulfide) groups is 1. The molecule has 0 aliphatic heterocycles. The van der Waals surface area contributed by atoms with Crippen molar-refractivity contribution in [2.24, 2.45) is 0 Å². The minimum Gasteiger partial charge on any atom is -0.360 e. The lowest BCUT2D eigenvalue weighted by Crippen LogP contribution is -2.12. The van der Waals surface area contributed by atoms with Crippen molar-refractivity contribution in [3.63, 3.8) is 0 Å². The van der Waals surface area contributed by atoms with Gasteiger partial charge in [0.2, 0.25) is 5.91 Å². The van der Waals surface area contributed by atoms with Crippen molar-refractivity contribution in [1.82, 2.24) is 19.9 Å². The van der Waals surface area contributed by atoms with Crippen LogP contribution in [0.4, 0.5) is 5.82 Å². The Balaban J connectivity index is 1.52. The fourth-order valence-corrected chi connectivity index (χ4v) is 4.41. The second-order valence-electron chi connectivity index (χ2n) is 6.97. The molecule has 2 aromatic heterocycles. The molecule has 4 rings (SSSR count). The number of nitrogens with zero attached hydrogens (tertiary/aromatic N) is 4. The molecule has 0 fully saturated rings. The van der Waals surface area contributed by atoms with E-state index in [4.69, 9.17) is 27.7 Å². The smallest absolute Gasteiger partial charge is 0.226 e. The molecule has 0 saturated heterocycles. The predicted octanol–water partition coefficient (Wildman–Crippen LogP) is 5.72. The first kappa shape index (κ1) is 22.4. The number of hydrogen-bond donors (Lipinski definition) is 1. The predicted molar refractivity (Wildman–Crippen MR) is 126 cm³/mol. The average molecular weight is 488 g/mol. The van der Waals surface area contributed by atoms with Gasteiger partial charge in [-0.3, -0.25) is 9.36 Å². The molecule has 2 aromatic carbocycles. The summed E-state index contributed by atoms with van der Waals surface area (Å²) in [5, 5.41) is 17.0.